The fourth-order valence-corrected chi connectivity index (χ4v) is 1.68. The molecule has 0 aliphatic carbocycles. The molecule has 1 aromatic heterocycles. The van der Waals surface area contributed by atoms with Crippen LogP contribution in [0.5, 0.6) is 0 Å². The first-order valence-corrected chi connectivity index (χ1v) is 5.66. The maximum Gasteiger partial charge on any atom is 0.135 e. The van der Waals surface area contributed by atoms with Gasteiger partial charge in [-0.3, -0.25) is 0 Å². The van der Waals surface area contributed by atoms with E-state index in [0.29, 0.717) is 17.3 Å². The second-order valence-electron chi connectivity index (χ2n) is 3.87. The van der Waals surface area contributed by atoms with Gasteiger partial charge in [0.15, 0.2) is 0 Å². The molecule has 2 rings (SSSR count). The number of anilines is 3. The molecule has 2 N–H and O–H groups in total. The van der Waals surface area contributed by atoms with Gasteiger partial charge in [0.25, 0.3) is 0 Å². The largest absolute Gasteiger partial charge is 0.373 e. The number of nitrogens with one attached hydrogen (secondary N) is 2. The molecule has 0 fully saturated rings. The van der Waals surface area contributed by atoms with Crippen molar-refractivity contribution in [3.63, 3.8) is 0 Å². The van der Waals surface area contributed by atoms with Crippen LogP contribution in [0, 0.1) is 11.6 Å². The van der Waals surface area contributed by atoms with Gasteiger partial charge in [0.1, 0.15) is 23.3 Å². The highest BCUT2D eigenvalue weighted by Gasteiger charge is 2.04. The summed E-state index contributed by atoms with van der Waals surface area (Å²) in [6.07, 6.45) is 1.67. The van der Waals surface area contributed by atoms with Gasteiger partial charge >= 0.3 is 0 Å². The van der Waals surface area contributed by atoms with Gasteiger partial charge in [-0.2, -0.15) is 0 Å². The Bertz CT molecular complexity index is 591. The minimum atomic E-state index is -0.640. The Labute approximate surface area is 110 Å². The van der Waals surface area contributed by atoms with Crippen molar-refractivity contribution >= 4 is 23.4 Å². The predicted molar refractivity (Wildman–Crippen MR) is 73.5 cm³/mol. The Morgan fingerprint density at radius 2 is 1.84 bits per heavy atom. The van der Waals surface area contributed by atoms with Crippen molar-refractivity contribution in [2.24, 2.45) is 0 Å². The lowest BCUT2D eigenvalue weighted by atomic mass is 10.2. The molecule has 19 heavy (non-hydrogen) atoms. The highest BCUT2D eigenvalue weighted by molar-refractivity contribution is 5.66. The SMILES string of the molecule is C=Cc1ccc(Nc2cc(F)cc(F)c2)nc1NC. The lowest BCUT2D eigenvalue weighted by molar-refractivity contribution is 0.584. The zero-order valence-electron chi connectivity index (χ0n) is 10.4. The van der Waals surface area contributed by atoms with E-state index in [1.54, 1.807) is 19.2 Å². The Balaban J connectivity index is 2.30. The van der Waals surface area contributed by atoms with E-state index in [4.69, 9.17) is 0 Å². The van der Waals surface area contributed by atoms with E-state index in [9.17, 15) is 8.78 Å². The Hall–Kier alpha value is -2.43. The average Bonchev–Trinajstić information content (AvgIpc) is 2.37. The number of nitrogens with zero attached hydrogens (tertiary/aromatic N) is 1. The molecule has 0 saturated carbocycles. The number of rotatable bonds is 4. The standard InChI is InChI=1S/C14H13F2N3/c1-3-9-4-5-13(19-14(9)17-2)18-12-7-10(15)6-11(16)8-12/h3-8H,1H2,2H3,(H2,17,18,19). The molecule has 1 heterocycles. The van der Waals surface area contributed by atoms with Crippen molar-refractivity contribution in [2.75, 3.05) is 17.7 Å². The first-order valence-electron chi connectivity index (χ1n) is 5.66. The molecule has 5 heteroatoms. The summed E-state index contributed by atoms with van der Waals surface area (Å²) in [6, 6.07) is 6.74. The van der Waals surface area contributed by atoms with Crippen LogP contribution in [0.4, 0.5) is 26.1 Å². The molecular weight excluding hydrogens is 248 g/mol. The molecule has 1 aromatic carbocycles. The highest BCUT2D eigenvalue weighted by atomic mass is 19.1. The molecule has 0 saturated heterocycles. The Kier molecular flexibility index (Phi) is 3.75. The monoisotopic (exact) mass is 261 g/mol. The van der Waals surface area contributed by atoms with Crippen LogP contribution in [-0.2, 0) is 0 Å². The summed E-state index contributed by atoms with van der Waals surface area (Å²) >= 11 is 0. The summed E-state index contributed by atoms with van der Waals surface area (Å²) in [5.74, 6) is -0.157. The molecule has 0 unspecified atom stereocenters. The van der Waals surface area contributed by atoms with Gasteiger partial charge in [0.05, 0.1) is 0 Å². The van der Waals surface area contributed by atoms with Gasteiger partial charge in [-0.15, -0.1) is 0 Å². The summed E-state index contributed by atoms with van der Waals surface area (Å²) in [6.45, 7) is 3.68. The first-order chi connectivity index (χ1) is 9.12. The average molecular weight is 261 g/mol. The zero-order valence-corrected chi connectivity index (χ0v) is 10.4. The molecule has 0 spiro atoms. The third-order valence-corrected chi connectivity index (χ3v) is 2.52. The van der Waals surface area contributed by atoms with Crippen molar-refractivity contribution < 1.29 is 8.78 Å². The van der Waals surface area contributed by atoms with Gasteiger partial charge < -0.3 is 10.6 Å². The molecule has 0 bridgehead atoms. The number of aromatic nitrogens is 1. The first kappa shape index (κ1) is 13.0. The topological polar surface area (TPSA) is 37.0 Å². The van der Waals surface area contributed by atoms with Crippen molar-refractivity contribution in [3.8, 4) is 0 Å². The van der Waals surface area contributed by atoms with Gasteiger partial charge in [-0.1, -0.05) is 12.7 Å². The maximum absolute atomic E-state index is 13.1. The third-order valence-electron chi connectivity index (χ3n) is 2.52. The van der Waals surface area contributed by atoms with E-state index < -0.39 is 11.6 Å². The van der Waals surface area contributed by atoms with Gasteiger partial charge in [0.2, 0.25) is 0 Å². The lowest BCUT2D eigenvalue weighted by Gasteiger charge is -2.10. The van der Waals surface area contributed by atoms with Crippen LogP contribution in [0.2, 0.25) is 0 Å². The van der Waals surface area contributed by atoms with Crippen LogP contribution in [0.25, 0.3) is 6.08 Å². The highest BCUT2D eigenvalue weighted by Crippen LogP contribution is 2.21. The number of hydrogen-bond acceptors (Lipinski definition) is 3. The number of halogens is 2. The van der Waals surface area contributed by atoms with E-state index in [-0.39, 0.29) is 0 Å². The van der Waals surface area contributed by atoms with Gasteiger partial charge in [-0.25, -0.2) is 13.8 Å². The van der Waals surface area contributed by atoms with Crippen LogP contribution in [0.15, 0.2) is 36.9 Å². The van der Waals surface area contributed by atoms with Gasteiger partial charge in [-0.05, 0) is 24.3 Å². The fourth-order valence-electron chi connectivity index (χ4n) is 1.68. The smallest absolute Gasteiger partial charge is 0.135 e. The molecule has 98 valence electrons. The van der Waals surface area contributed by atoms with Crippen molar-refractivity contribution in [3.05, 3.63) is 54.1 Å². The van der Waals surface area contributed by atoms with Crippen molar-refractivity contribution in [1.82, 2.24) is 4.98 Å². The van der Waals surface area contributed by atoms with Crippen molar-refractivity contribution in [1.29, 1.82) is 0 Å². The van der Waals surface area contributed by atoms with Crippen LogP contribution in [0.3, 0.4) is 0 Å². The molecule has 0 amide bonds. The molecule has 0 aliphatic heterocycles. The molecule has 0 aliphatic rings. The Morgan fingerprint density at radius 3 is 2.42 bits per heavy atom. The summed E-state index contributed by atoms with van der Waals surface area (Å²) in [5.41, 5.74) is 1.15. The fraction of sp³-hybridized carbons (Fsp3) is 0.0714. The second kappa shape index (κ2) is 5.48. The maximum atomic E-state index is 13.1. The minimum absolute atomic E-state index is 0.304. The van der Waals surface area contributed by atoms with E-state index in [1.807, 2.05) is 6.07 Å². The van der Waals surface area contributed by atoms with E-state index in [0.717, 1.165) is 11.6 Å². The second-order valence-corrected chi connectivity index (χ2v) is 3.87. The van der Waals surface area contributed by atoms with E-state index in [2.05, 4.69) is 22.2 Å². The van der Waals surface area contributed by atoms with Crippen LogP contribution < -0.4 is 10.6 Å². The van der Waals surface area contributed by atoms with Crippen LogP contribution in [-0.4, -0.2) is 12.0 Å². The minimum Gasteiger partial charge on any atom is -0.373 e. The van der Waals surface area contributed by atoms with E-state index in [1.165, 1.54) is 12.1 Å². The Morgan fingerprint density at radius 1 is 1.16 bits per heavy atom. The van der Waals surface area contributed by atoms with Crippen molar-refractivity contribution in [2.45, 2.75) is 0 Å². The molecule has 0 atom stereocenters. The molecule has 0 radical (unpaired) electrons. The van der Waals surface area contributed by atoms with Crippen LogP contribution >= 0.6 is 0 Å². The summed E-state index contributed by atoms with van der Waals surface area (Å²) in [7, 11) is 1.74. The number of pyridine rings is 1. The zero-order chi connectivity index (χ0) is 13.8. The normalized spacial score (nSPS) is 10.1. The molecular formula is C14H13F2N3. The summed E-state index contributed by atoms with van der Waals surface area (Å²) in [5, 5.41) is 5.77. The van der Waals surface area contributed by atoms with Crippen LogP contribution in [0.1, 0.15) is 5.56 Å². The molecule has 2 aromatic rings. The summed E-state index contributed by atoms with van der Waals surface area (Å²) < 4.78 is 26.1. The quantitative estimate of drug-likeness (QED) is 0.879. The van der Waals surface area contributed by atoms with Gasteiger partial charge in [0, 0.05) is 24.4 Å². The predicted octanol–water partition coefficient (Wildman–Crippen LogP) is 3.79. The third kappa shape index (κ3) is 3.07. The number of benzene rings is 1. The number of hydrogen-bond donors (Lipinski definition) is 2. The summed E-state index contributed by atoms with van der Waals surface area (Å²) in [4.78, 5) is 4.28. The van der Waals surface area contributed by atoms with E-state index >= 15 is 0 Å². The molecule has 3 nitrogen and oxygen atoms in total. The lowest BCUT2D eigenvalue weighted by Crippen LogP contribution is -2.00.